The van der Waals surface area contributed by atoms with E-state index in [1.54, 1.807) is 12.1 Å². The minimum atomic E-state index is -0.952. The van der Waals surface area contributed by atoms with Crippen molar-refractivity contribution in [1.82, 2.24) is 4.57 Å². The molecule has 1 amide bonds. The molecule has 152 valence electrons. The first-order valence-electron chi connectivity index (χ1n) is 10.5. The van der Waals surface area contributed by atoms with Gasteiger partial charge in [-0.15, -0.1) is 0 Å². The lowest BCUT2D eigenvalue weighted by Crippen LogP contribution is -2.17. The van der Waals surface area contributed by atoms with Crippen molar-refractivity contribution in [1.29, 1.82) is 0 Å². The van der Waals surface area contributed by atoms with Crippen LogP contribution in [0, 0.1) is 0 Å². The minimum absolute atomic E-state index is 0.250. The third-order valence-corrected chi connectivity index (χ3v) is 6.55. The molecule has 2 aromatic carbocycles. The summed E-state index contributed by atoms with van der Waals surface area (Å²) in [7, 11) is 0. The van der Waals surface area contributed by atoms with Gasteiger partial charge in [0.25, 0.3) is 0 Å². The average molecular weight is 400 g/mol. The van der Waals surface area contributed by atoms with E-state index in [4.69, 9.17) is 5.73 Å². The minimum Gasteiger partial charge on any atom is -0.478 e. The first kappa shape index (κ1) is 18.7. The van der Waals surface area contributed by atoms with E-state index in [-0.39, 0.29) is 5.56 Å². The smallest absolute Gasteiger partial charge is 0.335 e. The molecule has 3 N–H and O–H groups in total. The summed E-state index contributed by atoms with van der Waals surface area (Å²) < 4.78 is 2.11. The molecule has 1 aromatic heterocycles. The highest BCUT2D eigenvalue weighted by Crippen LogP contribution is 2.46. The molecule has 0 radical (unpaired) electrons. The van der Waals surface area contributed by atoms with E-state index < -0.39 is 11.9 Å². The maximum Gasteiger partial charge on any atom is 0.335 e. The van der Waals surface area contributed by atoms with Gasteiger partial charge >= 0.3 is 5.97 Å². The van der Waals surface area contributed by atoms with Crippen molar-refractivity contribution in [2.45, 2.75) is 44.6 Å². The highest BCUT2D eigenvalue weighted by molar-refractivity contribution is 6.02. The standard InChI is InChI=1S/C25H24N2O3/c26-24(28)18-12-16-8-4-5-9-19(16)23-22(15-6-2-1-3-7-15)20-11-10-17(25(29)30)13-21(20)27(23)14-18/h4-5,8-13,15H,1-3,6-7,14H2,(H2,26,28)(H,29,30). The van der Waals surface area contributed by atoms with Gasteiger partial charge in [0.2, 0.25) is 5.91 Å². The number of aromatic carboxylic acids is 1. The Balaban J connectivity index is 1.87. The van der Waals surface area contributed by atoms with Gasteiger partial charge in [0, 0.05) is 22.0 Å². The SMILES string of the molecule is NC(=O)C1=Cc2ccccc2-c2c(C3CCCCC3)c3ccc(C(=O)O)cc3n2C1. The number of carbonyl (C=O) groups excluding carboxylic acids is 1. The molecule has 1 aliphatic carbocycles. The van der Waals surface area contributed by atoms with Crippen LogP contribution in [-0.4, -0.2) is 21.6 Å². The van der Waals surface area contributed by atoms with Gasteiger partial charge in [-0.1, -0.05) is 49.6 Å². The number of rotatable bonds is 3. The Kier molecular flexibility index (Phi) is 4.46. The largest absolute Gasteiger partial charge is 0.478 e. The number of carboxylic acids is 1. The Bertz CT molecular complexity index is 1210. The van der Waals surface area contributed by atoms with Crippen LogP contribution in [-0.2, 0) is 11.3 Å². The van der Waals surface area contributed by atoms with Gasteiger partial charge in [0.15, 0.2) is 0 Å². The Morgan fingerprint density at radius 2 is 1.80 bits per heavy atom. The van der Waals surface area contributed by atoms with Crippen LogP contribution >= 0.6 is 0 Å². The highest BCUT2D eigenvalue weighted by atomic mass is 16.4. The fourth-order valence-corrected chi connectivity index (χ4v) is 5.16. The number of carbonyl (C=O) groups is 2. The first-order chi connectivity index (χ1) is 14.5. The fourth-order valence-electron chi connectivity index (χ4n) is 5.16. The molecule has 1 fully saturated rings. The summed E-state index contributed by atoms with van der Waals surface area (Å²) in [5.41, 5.74) is 11.8. The Hall–Kier alpha value is -3.34. The molecule has 2 heterocycles. The summed E-state index contributed by atoms with van der Waals surface area (Å²) in [4.78, 5) is 23.9. The van der Waals surface area contributed by atoms with E-state index in [0.717, 1.165) is 40.6 Å². The number of amides is 1. The Morgan fingerprint density at radius 3 is 2.53 bits per heavy atom. The van der Waals surface area contributed by atoms with Crippen molar-refractivity contribution in [2.75, 3.05) is 0 Å². The summed E-state index contributed by atoms with van der Waals surface area (Å²) >= 11 is 0. The van der Waals surface area contributed by atoms with Crippen molar-refractivity contribution in [2.24, 2.45) is 5.73 Å². The van der Waals surface area contributed by atoms with Crippen molar-refractivity contribution < 1.29 is 14.7 Å². The van der Waals surface area contributed by atoms with Gasteiger partial charge in [0.05, 0.1) is 17.8 Å². The number of nitrogens with zero attached hydrogens (tertiary/aromatic N) is 1. The molecular formula is C25H24N2O3. The van der Waals surface area contributed by atoms with Crippen LogP contribution in [0.2, 0.25) is 0 Å². The van der Waals surface area contributed by atoms with Crippen molar-refractivity contribution in [3.63, 3.8) is 0 Å². The molecule has 5 rings (SSSR count). The van der Waals surface area contributed by atoms with Crippen LogP contribution in [0.15, 0.2) is 48.0 Å². The number of hydrogen-bond acceptors (Lipinski definition) is 2. The molecule has 0 bridgehead atoms. The van der Waals surface area contributed by atoms with E-state index in [0.29, 0.717) is 18.0 Å². The average Bonchev–Trinajstić information content (AvgIpc) is 2.96. The number of fused-ring (bicyclic) bond motifs is 5. The molecule has 5 nitrogen and oxygen atoms in total. The van der Waals surface area contributed by atoms with E-state index in [1.165, 1.54) is 24.8 Å². The van der Waals surface area contributed by atoms with Crippen LogP contribution in [0.3, 0.4) is 0 Å². The van der Waals surface area contributed by atoms with Crippen molar-refractivity contribution >= 4 is 28.9 Å². The second-order valence-electron chi connectivity index (χ2n) is 8.34. The van der Waals surface area contributed by atoms with E-state index in [9.17, 15) is 14.7 Å². The fraction of sp³-hybridized carbons (Fsp3) is 0.280. The van der Waals surface area contributed by atoms with Crippen molar-refractivity contribution in [3.8, 4) is 11.3 Å². The van der Waals surface area contributed by atoms with Crippen LogP contribution in [0.1, 0.15) is 59.5 Å². The molecule has 0 spiro atoms. The summed E-state index contributed by atoms with van der Waals surface area (Å²) in [6.07, 6.45) is 7.81. The third kappa shape index (κ3) is 2.93. The molecule has 30 heavy (non-hydrogen) atoms. The number of hydrogen-bond donors (Lipinski definition) is 2. The van der Waals surface area contributed by atoms with Crippen LogP contribution < -0.4 is 5.73 Å². The maximum atomic E-state index is 12.2. The zero-order valence-corrected chi connectivity index (χ0v) is 16.7. The van der Waals surface area contributed by atoms with E-state index >= 15 is 0 Å². The second kappa shape index (κ2) is 7.17. The second-order valence-corrected chi connectivity index (χ2v) is 8.34. The predicted octanol–water partition coefficient (Wildman–Crippen LogP) is 4.94. The summed E-state index contributed by atoms with van der Waals surface area (Å²) in [6.45, 7) is 0.339. The van der Waals surface area contributed by atoms with Crippen LogP contribution in [0.5, 0.6) is 0 Å². The van der Waals surface area contributed by atoms with E-state index in [1.807, 2.05) is 30.3 Å². The molecule has 3 aromatic rings. The highest BCUT2D eigenvalue weighted by Gasteiger charge is 2.29. The zero-order chi connectivity index (χ0) is 20.8. The lowest BCUT2D eigenvalue weighted by atomic mass is 9.81. The van der Waals surface area contributed by atoms with Gasteiger partial charge in [-0.05, 0) is 48.1 Å². The first-order valence-corrected chi connectivity index (χ1v) is 10.5. The molecule has 0 saturated heterocycles. The summed E-state index contributed by atoms with van der Waals surface area (Å²) in [5, 5.41) is 10.6. The third-order valence-electron chi connectivity index (χ3n) is 6.55. The maximum absolute atomic E-state index is 12.2. The predicted molar refractivity (Wildman–Crippen MR) is 117 cm³/mol. The lowest BCUT2D eigenvalue weighted by Gasteiger charge is -2.24. The van der Waals surface area contributed by atoms with Gasteiger partial charge in [-0.25, -0.2) is 4.79 Å². The molecule has 5 heteroatoms. The number of primary amides is 1. The van der Waals surface area contributed by atoms with Gasteiger partial charge < -0.3 is 15.4 Å². The van der Waals surface area contributed by atoms with Gasteiger partial charge in [0.1, 0.15) is 0 Å². The summed E-state index contributed by atoms with van der Waals surface area (Å²) in [6, 6.07) is 13.4. The normalized spacial score (nSPS) is 16.5. The molecule has 0 atom stereocenters. The lowest BCUT2D eigenvalue weighted by molar-refractivity contribution is -0.114. The Morgan fingerprint density at radius 1 is 1.03 bits per heavy atom. The van der Waals surface area contributed by atoms with Gasteiger partial charge in [-0.2, -0.15) is 0 Å². The number of aromatic nitrogens is 1. The monoisotopic (exact) mass is 400 g/mol. The molecule has 2 aliphatic rings. The zero-order valence-electron chi connectivity index (χ0n) is 16.7. The topological polar surface area (TPSA) is 85.3 Å². The Labute approximate surface area is 174 Å². The van der Waals surface area contributed by atoms with Crippen LogP contribution in [0.4, 0.5) is 0 Å². The molecule has 1 saturated carbocycles. The quantitative estimate of drug-likeness (QED) is 0.653. The van der Waals surface area contributed by atoms with Crippen LogP contribution in [0.25, 0.3) is 28.2 Å². The number of nitrogens with two attached hydrogens (primary N) is 1. The molecule has 1 aliphatic heterocycles. The summed E-state index contributed by atoms with van der Waals surface area (Å²) in [5.74, 6) is -0.976. The van der Waals surface area contributed by atoms with E-state index in [2.05, 4.69) is 10.6 Å². The number of benzene rings is 2. The van der Waals surface area contributed by atoms with Crippen molar-refractivity contribution in [3.05, 3.63) is 64.7 Å². The number of carboxylic acid groups (broad SMARTS) is 1. The van der Waals surface area contributed by atoms with Gasteiger partial charge in [-0.3, -0.25) is 4.79 Å². The molecule has 0 unspecified atom stereocenters. The molecular weight excluding hydrogens is 376 g/mol.